The lowest BCUT2D eigenvalue weighted by atomic mass is 10.1. The van der Waals surface area contributed by atoms with E-state index in [2.05, 4.69) is 10.6 Å². The highest BCUT2D eigenvalue weighted by atomic mass is 32.2. The molecule has 2 saturated heterocycles. The molecule has 3 heterocycles. The number of rotatable bonds is 4. The molecule has 10 heteroatoms. The van der Waals surface area contributed by atoms with E-state index >= 15 is 0 Å². The molecule has 2 fully saturated rings. The fourth-order valence-electron chi connectivity index (χ4n) is 3.56. The van der Waals surface area contributed by atoms with E-state index in [9.17, 15) is 19.2 Å². The SMILES string of the molecule is COc1ccc2c(c1)c(/C=C1/SC(=O)NC1=O)cn2-c1ccc(/C=C2/SC(=O)NC2=O)cc1. The summed E-state index contributed by atoms with van der Waals surface area (Å²) in [6.07, 6.45) is 5.24. The Labute approximate surface area is 196 Å². The Bertz CT molecular complexity index is 1420. The van der Waals surface area contributed by atoms with Crippen LogP contribution in [-0.4, -0.2) is 34.0 Å². The van der Waals surface area contributed by atoms with Crippen molar-refractivity contribution in [2.24, 2.45) is 0 Å². The van der Waals surface area contributed by atoms with Crippen LogP contribution >= 0.6 is 23.5 Å². The summed E-state index contributed by atoms with van der Waals surface area (Å²) in [6, 6.07) is 13.1. The van der Waals surface area contributed by atoms with Crippen LogP contribution in [0.15, 0.2) is 58.5 Å². The Hall–Kier alpha value is -3.76. The predicted octanol–water partition coefficient (Wildman–Crippen LogP) is 4.29. The number of benzene rings is 2. The van der Waals surface area contributed by atoms with Crippen LogP contribution in [0.25, 0.3) is 28.7 Å². The molecule has 4 amide bonds. The number of aromatic nitrogens is 1. The molecular formula is C23H15N3O5S2. The molecule has 0 atom stereocenters. The highest BCUT2D eigenvalue weighted by molar-refractivity contribution is 8.18. The molecule has 33 heavy (non-hydrogen) atoms. The van der Waals surface area contributed by atoms with E-state index in [0.717, 1.165) is 51.2 Å². The predicted molar refractivity (Wildman–Crippen MR) is 128 cm³/mol. The van der Waals surface area contributed by atoms with E-state index in [1.165, 1.54) is 0 Å². The second-order valence-electron chi connectivity index (χ2n) is 7.13. The minimum Gasteiger partial charge on any atom is -0.497 e. The minimum absolute atomic E-state index is 0.325. The van der Waals surface area contributed by atoms with Gasteiger partial charge in [-0.25, -0.2) is 0 Å². The number of thioether (sulfide) groups is 2. The Morgan fingerprint density at radius 3 is 2.06 bits per heavy atom. The summed E-state index contributed by atoms with van der Waals surface area (Å²) in [4.78, 5) is 47.4. The van der Waals surface area contributed by atoms with Crippen LogP contribution in [0.5, 0.6) is 5.75 Å². The molecule has 5 rings (SSSR count). The Morgan fingerprint density at radius 2 is 1.48 bits per heavy atom. The highest BCUT2D eigenvalue weighted by Crippen LogP contribution is 2.33. The van der Waals surface area contributed by atoms with Crippen molar-refractivity contribution in [3.05, 3.63) is 69.6 Å². The molecule has 2 aliphatic heterocycles. The first-order valence-corrected chi connectivity index (χ1v) is 11.3. The first-order valence-electron chi connectivity index (χ1n) is 9.70. The van der Waals surface area contributed by atoms with Gasteiger partial charge in [0.1, 0.15) is 5.75 Å². The summed E-state index contributed by atoms with van der Waals surface area (Å²) >= 11 is 1.74. The van der Waals surface area contributed by atoms with Crippen LogP contribution in [0.2, 0.25) is 0 Å². The molecule has 0 saturated carbocycles. The maximum Gasteiger partial charge on any atom is 0.290 e. The van der Waals surface area contributed by atoms with Crippen LogP contribution in [0.3, 0.4) is 0 Å². The molecule has 8 nitrogen and oxygen atoms in total. The van der Waals surface area contributed by atoms with Crippen LogP contribution in [-0.2, 0) is 9.59 Å². The fraction of sp³-hybridized carbons (Fsp3) is 0.0435. The van der Waals surface area contributed by atoms with E-state index in [1.54, 1.807) is 19.3 Å². The lowest BCUT2D eigenvalue weighted by molar-refractivity contribution is -0.116. The first kappa shape index (κ1) is 21.1. The second-order valence-corrected chi connectivity index (χ2v) is 9.16. The molecule has 0 radical (unpaired) electrons. The molecular weight excluding hydrogens is 462 g/mol. The topological polar surface area (TPSA) is 106 Å². The molecule has 0 bridgehead atoms. The molecule has 164 valence electrons. The maximum atomic E-state index is 12.0. The van der Waals surface area contributed by atoms with E-state index in [1.807, 2.05) is 53.2 Å². The van der Waals surface area contributed by atoms with Crippen LogP contribution in [0, 0.1) is 0 Å². The number of carbonyl (C=O) groups excluding carboxylic acids is 4. The van der Waals surface area contributed by atoms with Crippen LogP contribution < -0.4 is 15.4 Å². The van der Waals surface area contributed by atoms with Crippen molar-refractivity contribution in [2.45, 2.75) is 0 Å². The second kappa shape index (κ2) is 8.30. The van der Waals surface area contributed by atoms with Gasteiger partial charge in [0.05, 0.1) is 22.4 Å². The average Bonchev–Trinajstić information content (AvgIpc) is 3.42. The third-order valence-corrected chi connectivity index (χ3v) is 6.70. The number of imide groups is 2. The van der Waals surface area contributed by atoms with Gasteiger partial charge in [-0.15, -0.1) is 0 Å². The highest BCUT2D eigenvalue weighted by Gasteiger charge is 2.26. The van der Waals surface area contributed by atoms with E-state index < -0.39 is 17.1 Å². The van der Waals surface area contributed by atoms with Gasteiger partial charge in [0.25, 0.3) is 22.3 Å². The molecule has 3 aromatic rings. The summed E-state index contributed by atoms with van der Waals surface area (Å²) in [7, 11) is 1.58. The Morgan fingerprint density at radius 1 is 0.848 bits per heavy atom. The third-order valence-electron chi connectivity index (χ3n) is 5.08. The lowest BCUT2D eigenvalue weighted by Gasteiger charge is -2.07. The Kier molecular flexibility index (Phi) is 5.31. The fourth-order valence-corrected chi connectivity index (χ4v) is 4.91. The van der Waals surface area contributed by atoms with Crippen LogP contribution in [0.1, 0.15) is 11.1 Å². The molecule has 2 aromatic carbocycles. The van der Waals surface area contributed by atoms with E-state index in [4.69, 9.17) is 4.74 Å². The van der Waals surface area contributed by atoms with Crippen molar-refractivity contribution < 1.29 is 23.9 Å². The zero-order valence-electron chi connectivity index (χ0n) is 17.1. The monoisotopic (exact) mass is 477 g/mol. The molecule has 2 aliphatic rings. The average molecular weight is 478 g/mol. The minimum atomic E-state index is -0.418. The number of methoxy groups -OCH3 is 1. The van der Waals surface area contributed by atoms with Gasteiger partial charge >= 0.3 is 0 Å². The normalized spacial score (nSPS) is 18.5. The maximum absolute atomic E-state index is 12.0. The van der Waals surface area contributed by atoms with Crippen molar-refractivity contribution in [3.63, 3.8) is 0 Å². The standard InChI is InChI=1S/C23H15N3O5S2/c1-31-15-6-7-17-16(10-15)13(9-19-21(28)25-23(30)33-19)11-26(17)14-4-2-12(3-5-14)8-18-20(27)24-22(29)32-18/h2-11H,1H3,(H,24,27,29)(H,25,28,30)/b18-8+,19-9+. The molecule has 1 aromatic heterocycles. The zero-order valence-corrected chi connectivity index (χ0v) is 18.7. The van der Waals surface area contributed by atoms with Gasteiger partial charge in [0.2, 0.25) is 0 Å². The van der Waals surface area contributed by atoms with Gasteiger partial charge < -0.3 is 9.30 Å². The number of hydrogen-bond donors (Lipinski definition) is 2. The Balaban J connectivity index is 1.56. The number of hydrogen-bond acceptors (Lipinski definition) is 7. The van der Waals surface area contributed by atoms with Crippen molar-refractivity contribution in [3.8, 4) is 11.4 Å². The number of fused-ring (bicyclic) bond motifs is 1. The van der Waals surface area contributed by atoms with Gasteiger partial charge in [-0.2, -0.15) is 0 Å². The molecule has 0 unspecified atom stereocenters. The smallest absolute Gasteiger partial charge is 0.290 e. The molecule has 0 spiro atoms. The van der Waals surface area contributed by atoms with Gasteiger partial charge in [-0.1, -0.05) is 12.1 Å². The number of amides is 4. The molecule has 2 N–H and O–H groups in total. The quantitative estimate of drug-likeness (QED) is 0.540. The van der Waals surface area contributed by atoms with Crippen molar-refractivity contribution >= 4 is 68.9 Å². The zero-order chi connectivity index (χ0) is 23.1. The largest absolute Gasteiger partial charge is 0.497 e. The third kappa shape index (κ3) is 4.06. The van der Waals surface area contributed by atoms with Crippen molar-refractivity contribution in [1.29, 1.82) is 0 Å². The van der Waals surface area contributed by atoms with Gasteiger partial charge in [-0.3, -0.25) is 29.8 Å². The van der Waals surface area contributed by atoms with Gasteiger partial charge in [-0.05, 0) is 71.6 Å². The number of nitrogens with one attached hydrogen (secondary N) is 2. The summed E-state index contributed by atoms with van der Waals surface area (Å²) in [5, 5.41) is 4.59. The summed E-state index contributed by atoms with van der Waals surface area (Å²) in [6.45, 7) is 0. The number of carbonyl (C=O) groups is 4. The van der Waals surface area contributed by atoms with Gasteiger partial charge in [0.15, 0.2) is 0 Å². The van der Waals surface area contributed by atoms with Crippen molar-refractivity contribution in [2.75, 3.05) is 7.11 Å². The van der Waals surface area contributed by atoms with E-state index in [-0.39, 0.29) is 5.24 Å². The summed E-state index contributed by atoms with van der Waals surface area (Å²) in [5.74, 6) is -0.147. The lowest BCUT2D eigenvalue weighted by Crippen LogP contribution is -2.17. The van der Waals surface area contributed by atoms with Crippen LogP contribution in [0.4, 0.5) is 9.59 Å². The first-order chi connectivity index (χ1) is 15.9. The summed E-state index contributed by atoms with van der Waals surface area (Å²) < 4.78 is 7.33. The summed E-state index contributed by atoms with van der Waals surface area (Å²) in [5.41, 5.74) is 3.29. The van der Waals surface area contributed by atoms with E-state index in [0.29, 0.717) is 15.6 Å². The van der Waals surface area contributed by atoms with Gasteiger partial charge in [0, 0.05) is 22.8 Å². The number of nitrogens with zero attached hydrogens (tertiary/aromatic N) is 1. The number of ether oxygens (including phenoxy) is 1. The molecule has 0 aliphatic carbocycles. The van der Waals surface area contributed by atoms with Crippen molar-refractivity contribution in [1.82, 2.24) is 15.2 Å².